The van der Waals surface area contributed by atoms with Crippen molar-refractivity contribution < 1.29 is 0 Å². The minimum absolute atomic E-state index is 0.764. The van der Waals surface area contributed by atoms with Crippen LogP contribution in [0.1, 0.15) is 16.8 Å². The van der Waals surface area contributed by atoms with E-state index in [0.29, 0.717) is 0 Å². The molecule has 0 atom stereocenters. The van der Waals surface area contributed by atoms with E-state index in [2.05, 4.69) is 63.6 Å². The molecule has 2 N–H and O–H groups in total. The second-order valence-electron chi connectivity index (χ2n) is 7.52. The standard InChI is InChI=1S/C21H27N7S/c1-15-4-6-17(7-5-15)14-29-21-23-18(22-19-12-16(2)25-26-19)13-20(24-21)28-10-8-27(3)9-11-28/h4-7,12-13H,8-11,14H2,1-3H3,(H2,22,23,24,25,26). The number of nitrogens with zero attached hydrogens (tertiary/aromatic N) is 5. The molecule has 152 valence electrons. The summed E-state index contributed by atoms with van der Waals surface area (Å²) in [5.41, 5.74) is 3.55. The zero-order chi connectivity index (χ0) is 20.2. The smallest absolute Gasteiger partial charge is 0.191 e. The summed E-state index contributed by atoms with van der Waals surface area (Å²) in [5.74, 6) is 3.34. The predicted molar refractivity (Wildman–Crippen MR) is 119 cm³/mol. The van der Waals surface area contributed by atoms with Gasteiger partial charge in [-0.1, -0.05) is 41.6 Å². The summed E-state index contributed by atoms with van der Waals surface area (Å²) >= 11 is 1.66. The lowest BCUT2D eigenvalue weighted by Gasteiger charge is -2.33. The minimum Gasteiger partial charge on any atom is -0.354 e. The maximum atomic E-state index is 4.85. The number of thioether (sulfide) groups is 1. The number of nitrogens with one attached hydrogen (secondary N) is 2. The highest BCUT2D eigenvalue weighted by Gasteiger charge is 2.18. The Morgan fingerprint density at radius 1 is 1.00 bits per heavy atom. The van der Waals surface area contributed by atoms with Crippen LogP contribution in [-0.4, -0.2) is 58.3 Å². The third-order valence-electron chi connectivity index (χ3n) is 4.97. The molecule has 0 unspecified atom stereocenters. The van der Waals surface area contributed by atoms with Crippen LogP contribution in [0.4, 0.5) is 17.5 Å². The van der Waals surface area contributed by atoms with Crippen molar-refractivity contribution in [2.75, 3.05) is 43.4 Å². The Bertz CT molecular complexity index is 946. The fourth-order valence-corrected chi connectivity index (χ4v) is 3.99. The van der Waals surface area contributed by atoms with Crippen molar-refractivity contribution in [2.45, 2.75) is 24.8 Å². The molecule has 0 bridgehead atoms. The third kappa shape index (κ3) is 5.27. The number of piperazine rings is 1. The maximum Gasteiger partial charge on any atom is 0.191 e. The van der Waals surface area contributed by atoms with E-state index < -0.39 is 0 Å². The van der Waals surface area contributed by atoms with Crippen molar-refractivity contribution in [3.63, 3.8) is 0 Å². The van der Waals surface area contributed by atoms with Crippen LogP contribution in [0.15, 0.2) is 41.6 Å². The monoisotopic (exact) mass is 409 g/mol. The summed E-state index contributed by atoms with van der Waals surface area (Å²) in [7, 11) is 2.16. The highest BCUT2D eigenvalue weighted by molar-refractivity contribution is 7.98. The zero-order valence-electron chi connectivity index (χ0n) is 17.1. The number of H-pyrrole nitrogens is 1. The summed E-state index contributed by atoms with van der Waals surface area (Å²) in [6.07, 6.45) is 0. The number of hydrogen-bond donors (Lipinski definition) is 2. The lowest BCUT2D eigenvalue weighted by molar-refractivity contribution is 0.312. The van der Waals surface area contributed by atoms with E-state index in [1.165, 1.54) is 11.1 Å². The summed E-state index contributed by atoms with van der Waals surface area (Å²) in [6.45, 7) is 8.10. The molecule has 2 aromatic heterocycles. The van der Waals surface area contributed by atoms with Gasteiger partial charge in [0, 0.05) is 49.8 Å². The maximum absolute atomic E-state index is 4.85. The first kappa shape index (κ1) is 19.7. The molecular formula is C21H27N7S. The number of likely N-dealkylation sites (N-methyl/N-ethyl adjacent to an activating group) is 1. The average molecular weight is 410 g/mol. The van der Waals surface area contributed by atoms with Crippen LogP contribution >= 0.6 is 11.8 Å². The van der Waals surface area contributed by atoms with E-state index >= 15 is 0 Å². The van der Waals surface area contributed by atoms with Crippen LogP contribution in [0.3, 0.4) is 0 Å². The van der Waals surface area contributed by atoms with Gasteiger partial charge in [-0.2, -0.15) is 5.10 Å². The van der Waals surface area contributed by atoms with Gasteiger partial charge in [-0.3, -0.25) is 5.10 Å². The topological polar surface area (TPSA) is 73.0 Å². The molecule has 1 aliphatic heterocycles. The van der Waals surface area contributed by atoms with Gasteiger partial charge in [0.15, 0.2) is 11.0 Å². The molecule has 0 saturated carbocycles. The second kappa shape index (κ2) is 8.84. The minimum atomic E-state index is 0.764. The first-order valence-electron chi connectivity index (χ1n) is 9.85. The van der Waals surface area contributed by atoms with Crippen LogP contribution in [0.5, 0.6) is 0 Å². The van der Waals surface area contributed by atoms with Crippen LogP contribution in [-0.2, 0) is 5.75 Å². The summed E-state index contributed by atoms with van der Waals surface area (Å²) in [4.78, 5) is 14.3. The van der Waals surface area contributed by atoms with Crippen molar-refractivity contribution in [3.8, 4) is 0 Å². The lowest BCUT2D eigenvalue weighted by atomic mass is 10.2. The number of hydrogen-bond acceptors (Lipinski definition) is 7. The van der Waals surface area contributed by atoms with Crippen molar-refractivity contribution in [1.29, 1.82) is 0 Å². The van der Waals surface area contributed by atoms with Crippen molar-refractivity contribution in [2.24, 2.45) is 0 Å². The van der Waals surface area contributed by atoms with Gasteiger partial charge >= 0.3 is 0 Å². The normalized spacial score (nSPS) is 14.9. The average Bonchev–Trinajstić information content (AvgIpc) is 3.12. The van der Waals surface area contributed by atoms with E-state index in [1.807, 2.05) is 19.1 Å². The highest BCUT2D eigenvalue weighted by Crippen LogP contribution is 2.26. The van der Waals surface area contributed by atoms with Gasteiger partial charge in [0.2, 0.25) is 0 Å². The first-order valence-corrected chi connectivity index (χ1v) is 10.8. The van der Waals surface area contributed by atoms with Crippen LogP contribution in [0, 0.1) is 13.8 Å². The molecule has 1 fully saturated rings. The molecule has 1 saturated heterocycles. The molecule has 1 aromatic carbocycles. The number of aryl methyl sites for hydroxylation is 2. The van der Waals surface area contributed by atoms with Crippen LogP contribution < -0.4 is 10.2 Å². The highest BCUT2D eigenvalue weighted by atomic mass is 32.2. The molecule has 1 aliphatic rings. The lowest BCUT2D eigenvalue weighted by Crippen LogP contribution is -2.44. The van der Waals surface area contributed by atoms with Gasteiger partial charge in [0.05, 0.1) is 0 Å². The SMILES string of the molecule is Cc1ccc(CSc2nc(Nc3cc(C)[nH]n3)cc(N3CCN(C)CC3)n2)cc1. The van der Waals surface area contributed by atoms with Crippen molar-refractivity contribution in [1.82, 2.24) is 25.1 Å². The molecule has 0 aliphatic carbocycles. The Morgan fingerprint density at radius 2 is 1.76 bits per heavy atom. The molecule has 0 spiro atoms. The Balaban J connectivity index is 1.55. The van der Waals surface area contributed by atoms with E-state index in [-0.39, 0.29) is 0 Å². The number of anilines is 3. The van der Waals surface area contributed by atoms with Crippen molar-refractivity contribution in [3.05, 3.63) is 53.2 Å². The number of aromatic amines is 1. The molecule has 29 heavy (non-hydrogen) atoms. The fraction of sp³-hybridized carbons (Fsp3) is 0.381. The van der Waals surface area contributed by atoms with Gasteiger partial charge in [-0.15, -0.1) is 0 Å². The Labute approximate surface area is 175 Å². The molecule has 3 aromatic rings. The van der Waals surface area contributed by atoms with Gasteiger partial charge in [-0.25, -0.2) is 9.97 Å². The number of aromatic nitrogens is 4. The first-order chi connectivity index (χ1) is 14.0. The third-order valence-corrected chi connectivity index (χ3v) is 5.89. The summed E-state index contributed by atoms with van der Waals surface area (Å²) < 4.78 is 0. The van der Waals surface area contributed by atoms with E-state index in [4.69, 9.17) is 9.97 Å². The molecule has 4 rings (SSSR count). The van der Waals surface area contributed by atoms with Gasteiger partial charge in [-0.05, 0) is 26.5 Å². The quantitative estimate of drug-likeness (QED) is 0.476. The predicted octanol–water partition coefficient (Wildman–Crippen LogP) is 3.60. The second-order valence-corrected chi connectivity index (χ2v) is 8.46. The molecule has 3 heterocycles. The molecule has 0 amide bonds. The Hall–Kier alpha value is -2.58. The summed E-state index contributed by atoms with van der Waals surface area (Å²) in [6, 6.07) is 12.6. The molecular weight excluding hydrogens is 382 g/mol. The number of benzene rings is 1. The molecule has 7 nitrogen and oxygen atoms in total. The Kier molecular flexibility index (Phi) is 6.01. The summed E-state index contributed by atoms with van der Waals surface area (Å²) in [5, 5.41) is 11.3. The Morgan fingerprint density at radius 3 is 2.45 bits per heavy atom. The largest absolute Gasteiger partial charge is 0.354 e. The zero-order valence-corrected chi connectivity index (χ0v) is 18.0. The molecule has 0 radical (unpaired) electrons. The van der Waals surface area contributed by atoms with Crippen LogP contribution in [0.25, 0.3) is 0 Å². The fourth-order valence-electron chi connectivity index (χ4n) is 3.18. The van der Waals surface area contributed by atoms with Crippen molar-refractivity contribution >= 4 is 29.2 Å². The van der Waals surface area contributed by atoms with Gasteiger partial charge in [0.25, 0.3) is 0 Å². The van der Waals surface area contributed by atoms with Gasteiger partial charge in [0.1, 0.15) is 11.6 Å². The molecule has 8 heteroatoms. The van der Waals surface area contributed by atoms with E-state index in [0.717, 1.165) is 60.2 Å². The van der Waals surface area contributed by atoms with E-state index in [9.17, 15) is 0 Å². The van der Waals surface area contributed by atoms with E-state index in [1.54, 1.807) is 11.8 Å². The van der Waals surface area contributed by atoms with Crippen LogP contribution in [0.2, 0.25) is 0 Å². The number of rotatable bonds is 6. The van der Waals surface area contributed by atoms with Gasteiger partial charge < -0.3 is 15.1 Å².